The van der Waals surface area contributed by atoms with E-state index in [1.54, 1.807) is 6.07 Å². The first-order valence-corrected chi connectivity index (χ1v) is 8.69. The zero-order valence-electron chi connectivity index (χ0n) is 14.0. The van der Waals surface area contributed by atoms with Crippen LogP contribution < -0.4 is 0 Å². The Hall–Kier alpha value is -3.29. The maximum Gasteiger partial charge on any atom is 0.253 e. The van der Waals surface area contributed by atoms with Crippen LogP contribution in [0, 0.1) is 0 Å². The first-order valence-electron chi connectivity index (χ1n) is 8.69. The fourth-order valence-electron chi connectivity index (χ4n) is 3.63. The van der Waals surface area contributed by atoms with Crippen molar-refractivity contribution < 1.29 is 4.79 Å². The summed E-state index contributed by atoms with van der Waals surface area (Å²) in [5.41, 5.74) is 2.99. The summed E-state index contributed by atoms with van der Waals surface area (Å²) >= 11 is 0. The second kappa shape index (κ2) is 5.91. The number of amides is 1. The lowest BCUT2D eigenvalue weighted by atomic mass is 9.95. The molecule has 1 fully saturated rings. The predicted octanol–water partition coefficient (Wildman–Crippen LogP) is 2.02. The van der Waals surface area contributed by atoms with Gasteiger partial charge in [-0.3, -0.25) is 9.20 Å². The molecule has 1 aromatic carbocycles. The van der Waals surface area contributed by atoms with Gasteiger partial charge in [-0.1, -0.05) is 6.07 Å². The van der Waals surface area contributed by atoms with Crippen molar-refractivity contribution in [2.75, 3.05) is 13.1 Å². The summed E-state index contributed by atoms with van der Waals surface area (Å²) in [5.74, 6) is 1.34. The van der Waals surface area contributed by atoms with E-state index in [4.69, 9.17) is 0 Å². The first-order chi connectivity index (χ1) is 12.8. The number of benzene rings is 1. The maximum absolute atomic E-state index is 12.8. The van der Waals surface area contributed by atoms with Gasteiger partial charge in [0, 0.05) is 30.8 Å². The molecular formula is C18H17N7O. The van der Waals surface area contributed by atoms with Crippen molar-refractivity contribution in [3.8, 4) is 0 Å². The summed E-state index contributed by atoms with van der Waals surface area (Å²) in [7, 11) is 0. The Morgan fingerprint density at radius 3 is 2.77 bits per heavy atom. The van der Waals surface area contributed by atoms with E-state index in [1.165, 1.54) is 0 Å². The van der Waals surface area contributed by atoms with E-state index < -0.39 is 0 Å². The van der Waals surface area contributed by atoms with Crippen molar-refractivity contribution >= 4 is 22.6 Å². The van der Waals surface area contributed by atoms with Crippen molar-refractivity contribution in [3.05, 3.63) is 54.0 Å². The van der Waals surface area contributed by atoms with Crippen LogP contribution in [0.2, 0.25) is 0 Å². The second-order valence-corrected chi connectivity index (χ2v) is 6.58. The second-order valence-electron chi connectivity index (χ2n) is 6.58. The van der Waals surface area contributed by atoms with E-state index in [0.29, 0.717) is 30.1 Å². The minimum absolute atomic E-state index is 0.0412. The smallest absolute Gasteiger partial charge is 0.253 e. The third kappa shape index (κ3) is 2.42. The molecule has 0 aliphatic carbocycles. The van der Waals surface area contributed by atoms with E-state index in [0.717, 1.165) is 29.8 Å². The van der Waals surface area contributed by atoms with Gasteiger partial charge >= 0.3 is 0 Å². The molecule has 0 unspecified atom stereocenters. The van der Waals surface area contributed by atoms with Gasteiger partial charge in [0.15, 0.2) is 5.65 Å². The van der Waals surface area contributed by atoms with Crippen LogP contribution in [-0.2, 0) is 0 Å². The van der Waals surface area contributed by atoms with E-state index in [2.05, 4.69) is 25.6 Å². The normalized spacial score (nSPS) is 15.8. The molecule has 5 rings (SSSR count). The van der Waals surface area contributed by atoms with Gasteiger partial charge in [0.2, 0.25) is 0 Å². The summed E-state index contributed by atoms with van der Waals surface area (Å²) in [4.78, 5) is 14.7. The molecule has 1 saturated heterocycles. The monoisotopic (exact) mass is 347 g/mol. The zero-order valence-corrected chi connectivity index (χ0v) is 14.0. The van der Waals surface area contributed by atoms with Gasteiger partial charge in [-0.25, -0.2) is 0 Å². The Labute approximate surface area is 148 Å². The number of carbonyl (C=O) groups is 1. The number of rotatable bonds is 2. The number of likely N-dealkylation sites (tertiary alicyclic amines) is 1. The van der Waals surface area contributed by atoms with Gasteiger partial charge in [0.1, 0.15) is 16.9 Å². The average Bonchev–Trinajstić information content (AvgIpc) is 3.34. The topological polar surface area (TPSA) is 92.1 Å². The maximum atomic E-state index is 12.8. The molecule has 0 saturated carbocycles. The van der Waals surface area contributed by atoms with Crippen LogP contribution in [-0.4, -0.2) is 53.9 Å². The van der Waals surface area contributed by atoms with Gasteiger partial charge in [0.05, 0.1) is 0 Å². The third-order valence-corrected chi connectivity index (χ3v) is 5.05. The molecule has 4 aromatic rings. The largest absolute Gasteiger partial charge is 0.339 e. The molecule has 0 bridgehead atoms. The number of carbonyl (C=O) groups excluding carboxylic acids is 1. The van der Waals surface area contributed by atoms with Crippen LogP contribution in [0.1, 0.15) is 34.9 Å². The Kier molecular flexibility index (Phi) is 3.41. The molecule has 0 spiro atoms. The van der Waals surface area contributed by atoms with Crippen LogP contribution in [0.5, 0.6) is 0 Å². The molecule has 26 heavy (non-hydrogen) atoms. The average molecular weight is 347 g/mol. The van der Waals surface area contributed by atoms with Gasteiger partial charge in [0.25, 0.3) is 5.91 Å². The fraction of sp³-hybridized carbons (Fsp3) is 0.278. The molecule has 0 radical (unpaired) electrons. The lowest BCUT2D eigenvalue weighted by molar-refractivity contribution is 0.0711. The molecule has 1 aliphatic rings. The number of nitrogens with zero attached hydrogens (tertiary/aromatic N) is 6. The Morgan fingerprint density at radius 2 is 1.88 bits per heavy atom. The standard InChI is InChI=1S/C18H17N7O/c26-18(13-4-5-14-15(11-13)20-23-19-14)24-9-6-12(7-10-24)17-22-21-16-3-1-2-8-25(16)17/h1-5,8,11-12H,6-7,9-10H2,(H,19,20,23). The van der Waals surface area contributed by atoms with Crippen LogP contribution in [0.4, 0.5) is 0 Å². The Bertz CT molecular complexity index is 1090. The highest BCUT2D eigenvalue weighted by molar-refractivity contribution is 5.97. The number of hydrogen-bond donors (Lipinski definition) is 1. The molecule has 4 heterocycles. The van der Waals surface area contributed by atoms with Gasteiger partial charge < -0.3 is 4.90 Å². The van der Waals surface area contributed by atoms with Crippen LogP contribution in [0.3, 0.4) is 0 Å². The van der Waals surface area contributed by atoms with E-state index >= 15 is 0 Å². The van der Waals surface area contributed by atoms with Gasteiger partial charge in [-0.15, -0.1) is 10.2 Å². The van der Waals surface area contributed by atoms with Crippen LogP contribution in [0.15, 0.2) is 42.6 Å². The first kappa shape index (κ1) is 15.0. The van der Waals surface area contributed by atoms with E-state index in [9.17, 15) is 4.79 Å². The molecule has 8 nitrogen and oxygen atoms in total. The molecule has 8 heteroatoms. The predicted molar refractivity (Wildman–Crippen MR) is 94.8 cm³/mol. The third-order valence-electron chi connectivity index (χ3n) is 5.05. The zero-order chi connectivity index (χ0) is 17.5. The Morgan fingerprint density at radius 1 is 1.04 bits per heavy atom. The highest BCUT2D eigenvalue weighted by atomic mass is 16.2. The SMILES string of the molecule is O=C(c1ccc2n[nH]nc2c1)N1CCC(c2nnc3ccccn23)CC1. The van der Waals surface area contributed by atoms with Crippen molar-refractivity contribution in [2.45, 2.75) is 18.8 Å². The summed E-state index contributed by atoms with van der Waals surface area (Å²) < 4.78 is 2.04. The van der Waals surface area contributed by atoms with E-state index in [-0.39, 0.29) is 5.91 Å². The summed E-state index contributed by atoms with van der Waals surface area (Å²) in [6.45, 7) is 1.42. The lowest BCUT2D eigenvalue weighted by Gasteiger charge is -2.31. The number of pyridine rings is 1. The van der Waals surface area contributed by atoms with Gasteiger partial charge in [-0.05, 0) is 43.2 Å². The van der Waals surface area contributed by atoms with Crippen LogP contribution >= 0.6 is 0 Å². The minimum atomic E-state index is 0.0412. The summed E-state index contributed by atoms with van der Waals surface area (Å²) in [6.07, 6.45) is 3.76. The molecule has 0 atom stereocenters. The number of hydrogen-bond acceptors (Lipinski definition) is 5. The van der Waals surface area contributed by atoms with Crippen molar-refractivity contribution in [3.63, 3.8) is 0 Å². The van der Waals surface area contributed by atoms with Crippen LogP contribution in [0.25, 0.3) is 16.7 Å². The highest BCUT2D eigenvalue weighted by Crippen LogP contribution is 2.28. The summed E-state index contributed by atoms with van der Waals surface area (Å²) in [6, 6.07) is 11.3. The molecular weight excluding hydrogens is 330 g/mol. The number of nitrogens with one attached hydrogen (secondary N) is 1. The number of aromatic amines is 1. The van der Waals surface area contributed by atoms with Crippen molar-refractivity contribution in [2.24, 2.45) is 0 Å². The van der Waals surface area contributed by atoms with Crippen molar-refractivity contribution in [1.29, 1.82) is 0 Å². The van der Waals surface area contributed by atoms with Gasteiger partial charge in [-0.2, -0.15) is 15.4 Å². The summed E-state index contributed by atoms with van der Waals surface area (Å²) in [5, 5.41) is 19.3. The molecule has 1 N–H and O–H groups in total. The molecule has 130 valence electrons. The number of fused-ring (bicyclic) bond motifs is 2. The fourth-order valence-corrected chi connectivity index (χ4v) is 3.63. The molecule has 3 aromatic heterocycles. The number of aromatic nitrogens is 6. The molecule has 1 aliphatic heterocycles. The lowest BCUT2D eigenvalue weighted by Crippen LogP contribution is -2.38. The molecule has 1 amide bonds. The minimum Gasteiger partial charge on any atom is -0.339 e. The highest BCUT2D eigenvalue weighted by Gasteiger charge is 2.27. The van der Waals surface area contributed by atoms with E-state index in [1.807, 2.05) is 45.8 Å². The number of piperidine rings is 1. The Balaban J connectivity index is 1.32. The quantitative estimate of drug-likeness (QED) is 0.599. The number of H-pyrrole nitrogens is 1. The van der Waals surface area contributed by atoms with Crippen molar-refractivity contribution in [1.82, 2.24) is 34.9 Å².